The molecule has 0 spiro atoms. The summed E-state index contributed by atoms with van der Waals surface area (Å²) in [6.45, 7) is 1.89. The summed E-state index contributed by atoms with van der Waals surface area (Å²) >= 11 is 5.15. The number of alkyl halides is 1. The van der Waals surface area contributed by atoms with Crippen LogP contribution in [0.25, 0.3) is 0 Å². The molecular weight excluding hydrogens is 183 g/mol. The summed E-state index contributed by atoms with van der Waals surface area (Å²) in [5.74, 6) is -0.686. The molecule has 3 nitrogen and oxygen atoms in total. The summed E-state index contributed by atoms with van der Waals surface area (Å²) in [6.07, 6.45) is 0.333. The molecule has 0 N–H and O–H groups in total. The summed E-state index contributed by atoms with van der Waals surface area (Å²) < 4.78 is 4.39. The van der Waals surface area contributed by atoms with E-state index < -0.39 is 11.3 Å². The quantitative estimate of drug-likeness (QED) is 0.160. The second-order valence-corrected chi connectivity index (χ2v) is 1.76. The standard InChI is InChI=1S/C5H7ClO3.K/c1-2-9-5(8)4(6)3-7;/h3-4H,2H2,1H3;/q;+1. The summed E-state index contributed by atoms with van der Waals surface area (Å²) in [4.78, 5) is 20.2. The Kier molecular flexibility index (Phi) is 11.1. The Bertz CT molecular complexity index is 117. The number of hydrogen-bond acceptors (Lipinski definition) is 3. The van der Waals surface area contributed by atoms with E-state index in [-0.39, 0.29) is 58.0 Å². The van der Waals surface area contributed by atoms with Gasteiger partial charge in [0, 0.05) is 0 Å². The molecule has 0 heterocycles. The van der Waals surface area contributed by atoms with Gasteiger partial charge in [-0.15, -0.1) is 11.6 Å². The maximum Gasteiger partial charge on any atom is 1.00 e. The fourth-order valence-electron chi connectivity index (χ4n) is 0.277. The zero-order valence-electron chi connectivity index (χ0n) is 5.96. The van der Waals surface area contributed by atoms with Crippen LogP contribution in [0.1, 0.15) is 6.92 Å². The van der Waals surface area contributed by atoms with Crippen LogP contribution in [0.5, 0.6) is 0 Å². The second-order valence-electron chi connectivity index (χ2n) is 1.29. The predicted octanol–water partition coefficient (Wildman–Crippen LogP) is -2.64. The number of rotatable bonds is 3. The van der Waals surface area contributed by atoms with E-state index in [9.17, 15) is 9.59 Å². The normalized spacial score (nSPS) is 11.0. The maximum atomic E-state index is 10.4. The van der Waals surface area contributed by atoms with Gasteiger partial charge in [0.05, 0.1) is 6.61 Å². The van der Waals surface area contributed by atoms with E-state index in [0.29, 0.717) is 6.29 Å². The minimum atomic E-state index is -1.15. The Morgan fingerprint density at radius 3 is 2.60 bits per heavy atom. The fraction of sp³-hybridized carbons (Fsp3) is 0.600. The predicted molar refractivity (Wildman–Crippen MR) is 32.3 cm³/mol. The summed E-state index contributed by atoms with van der Waals surface area (Å²) in [6, 6.07) is 0. The summed E-state index contributed by atoms with van der Waals surface area (Å²) in [5.41, 5.74) is 0. The van der Waals surface area contributed by atoms with Crippen molar-refractivity contribution in [3.8, 4) is 0 Å². The van der Waals surface area contributed by atoms with Crippen molar-refractivity contribution >= 4 is 23.9 Å². The van der Waals surface area contributed by atoms with Crippen LogP contribution in [0.15, 0.2) is 0 Å². The van der Waals surface area contributed by atoms with Gasteiger partial charge in [0.1, 0.15) is 6.29 Å². The van der Waals surface area contributed by atoms with Crippen molar-refractivity contribution in [1.29, 1.82) is 0 Å². The Labute approximate surface area is 107 Å². The molecule has 0 aliphatic rings. The summed E-state index contributed by atoms with van der Waals surface area (Å²) in [5, 5.41) is -1.15. The molecule has 0 aromatic heterocycles. The van der Waals surface area contributed by atoms with Gasteiger partial charge in [-0.05, 0) is 6.92 Å². The van der Waals surface area contributed by atoms with Gasteiger partial charge in [-0.2, -0.15) is 0 Å². The van der Waals surface area contributed by atoms with Crippen molar-refractivity contribution in [3.63, 3.8) is 0 Å². The molecule has 0 fully saturated rings. The Hall–Kier alpha value is 1.07. The molecule has 0 aromatic carbocycles. The minimum absolute atomic E-state index is 0. The van der Waals surface area contributed by atoms with E-state index >= 15 is 0 Å². The number of carbonyl (C=O) groups is 2. The number of hydrogen-bond donors (Lipinski definition) is 0. The van der Waals surface area contributed by atoms with Crippen molar-refractivity contribution in [2.24, 2.45) is 0 Å². The SMILES string of the molecule is CCOC(=O)C(Cl)C=O.[K+]. The third-order valence-corrected chi connectivity index (χ3v) is 0.912. The van der Waals surface area contributed by atoms with E-state index in [1.807, 2.05) is 0 Å². The number of carbonyl (C=O) groups excluding carboxylic acids is 2. The molecule has 52 valence electrons. The topological polar surface area (TPSA) is 43.4 Å². The van der Waals surface area contributed by atoms with Crippen LogP contribution in [0, 0.1) is 0 Å². The second kappa shape index (κ2) is 8.17. The zero-order chi connectivity index (χ0) is 7.28. The minimum Gasteiger partial charge on any atom is -0.465 e. The molecule has 0 aromatic rings. The molecule has 0 bridgehead atoms. The summed E-state index contributed by atoms with van der Waals surface area (Å²) in [7, 11) is 0. The van der Waals surface area contributed by atoms with Gasteiger partial charge in [-0.1, -0.05) is 0 Å². The number of halogens is 1. The monoisotopic (exact) mass is 189 g/mol. The Morgan fingerprint density at radius 1 is 1.80 bits per heavy atom. The molecule has 0 rings (SSSR count). The van der Waals surface area contributed by atoms with Crippen LogP contribution in [0.4, 0.5) is 0 Å². The Balaban J connectivity index is 0. The molecule has 10 heavy (non-hydrogen) atoms. The van der Waals surface area contributed by atoms with E-state index in [4.69, 9.17) is 11.6 Å². The third-order valence-electron chi connectivity index (χ3n) is 0.631. The third kappa shape index (κ3) is 5.82. The van der Waals surface area contributed by atoms with Crippen LogP contribution in [0.3, 0.4) is 0 Å². The van der Waals surface area contributed by atoms with E-state index in [1.54, 1.807) is 6.92 Å². The van der Waals surface area contributed by atoms with Gasteiger partial charge in [0.2, 0.25) is 0 Å². The largest absolute Gasteiger partial charge is 1.00 e. The molecule has 0 aliphatic heterocycles. The van der Waals surface area contributed by atoms with E-state index in [2.05, 4.69) is 4.74 Å². The average molecular weight is 190 g/mol. The first-order valence-electron chi connectivity index (χ1n) is 2.48. The molecule has 0 saturated carbocycles. The van der Waals surface area contributed by atoms with Crippen LogP contribution >= 0.6 is 11.6 Å². The van der Waals surface area contributed by atoms with E-state index in [0.717, 1.165) is 0 Å². The first-order valence-corrected chi connectivity index (χ1v) is 2.92. The molecule has 5 heteroatoms. The van der Waals surface area contributed by atoms with E-state index in [1.165, 1.54) is 0 Å². The van der Waals surface area contributed by atoms with Gasteiger partial charge >= 0.3 is 57.4 Å². The molecule has 1 unspecified atom stereocenters. The van der Waals surface area contributed by atoms with Crippen LogP contribution in [0.2, 0.25) is 0 Å². The molecule has 0 saturated heterocycles. The fourth-order valence-corrected chi connectivity index (χ4v) is 0.340. The van der Waals surface area contributed by atoms with Crippen molar-refractivity contribution in [1.82, 2.24) is 0 Å². The first kappa shape index (κ1) is 13.6. The molecule has 0 amide bonds. The molecule has 0 radical (unpaired) electrons. The zero-order valence-corrected chi connectivity index (χ0v) is 9.84. The van der Waals surface area contributed by atoms with Crippen molar-refractivity contribution in [2.75, 3.05) is 6.61 Å². The number of aldehydes is 1. The average Bonchev–Trinajstić information content (AvgIpc) is 1.87. The van der Waals surface area contributed by atoms with Crippen molar-refractivity contribution < 1.29 is 65.7 Å². The molecule has 0 aliphatic carbocycles. The van der Waals surface area contributed by atoms with Gasteiger partial charge in [-0.3, -0.25) is 0 Å². The number of ether oxygens (including phenoxy) is 1. The van der Waals surface area contributed by atoms with Crippen LogP contribution in [-0.4, -0.2) is 24.2 Å². The van der Waals surface area contributed by atoms with Gasteiger partial charge < -0.3 is 9.53 Å². The first-order chi connectivity index (χ1) is 4.22. The van der Waals surface area contributed by atoms with Crippen LogP contribution < -0.4 is 51.4 Å². The van der Waals surface area contributed by atoms with Gasteiger partial charge in [0.15, 0.2) is 5.38 Å². The Morgan fingerprint density at radius 2 is 2.30 bits per heavy atom. The molecular formula is C5H7ClKO3+. The van der Waals surface area contributed by atoms with Crippen LogP contribution in [-0.2, 0) is 14.3 Å². The molecule has 1 atom stereocenters. The van der Waals surface area contributed by atoms with Gasteiger partial charge in [0.25, 0.3) is 0 Å². The smallest absolute Gasteiger partial charge is 0.465 e. The van der Waals surface area contributed by atoms with Gasteiger partial charge in [-0.25, -0.2) is 4.79 Å². The van der Waals surface area contributed by atoms with Crippen molar-refractivity contribution in [2.45, 2.75) is 12.3 Å². The maximum absolute atomic E-state index is 10.4. The number of esters is 1. The van der Waals surface area contributed by atoms with Crippen molar-refractivity contribution in [3.05, 3.63) is 0 Å².